The first kappa shape index (κ1) is 15.5. The fourth-order valence-electron chi connectivity index (χ4n) is 3.42. The van der Waals surface area contributed by atoms with Gasteiger partial charge in [-0.15, -0.1) is 0 Å². The van der Waals surface area contributed by atoms with E-state index in [2.05, 4.69) is 15.6 Å². The van der Waals surface area contributed by atoms with Crippen molar-refractivity contribution in [1.82, 2.24) is 15.2 Å². The van der Waals surface area contributed by atoms with Crippen LogP contribution in [0.4, 0.5) is 10.5 Å². The Labute approximate surface area is 134 Å². The third-order valence-corrected chi connectivity index (χ3v) is 4.75. The van der Waals surface area contributed by atoms with Crippen molar-refractivity contribution < 1.29 is 14.4 Å². The van der Waals surface area contributed by atoms with E-state index >= 15 is 0 Å². The quantitative estimate of drug-likeness (QED) is 0.827. The number of hydrogen-bond acceptors (Lipinski definition) is 4. The predicted octanol–water partition coefficient (Wildman–Crippen LogP) is 1.52. The number of carbonyl (C=O) groups is 3. The minimum Gasteiger partial charge on any atom is -0.323 e. The van der Waals surface area contributed by atoms with Crippen molar-refractivity contribution in [2.45, 2.75) is 38.1 Å². The van der Waals surface area contributed by atoms with Crippen molar-refractivity contribution in [3.8, 4) is 0 Å². The summed E-state index contributed by atoms with van der Waals surface area (Å²) >= 11 is 0. The van der Waals surface area contributed by atoms with Crippen LogP contribution in [-0.2, 0) is 9.59 Å². The zero-order valence-corrected chi connectivity index (χ0v) is 13.0. The fourth-order valence-corrected chi connectivity index (χ4v) is 3.42. The molecular formula is C16H20N4O3. The number of hydrogen-bond donors (Lipinski definition) is 2. The predicted molar refractivity (Wildman–Crippen MR) is 83.5 cm³/mol. The highest BCUT2D eigenvalue weighted by Gasteiger charge is 2.55. The molecule has 2 unspecified atom stereocenters. The molecule has 2 fully saturated rings. The maximum Gasteiger partial charge on any atom is 0.325 e. The van der Waals surface area contributed by atoms with Gasteiger partial charge < -0.3 is 10.6 Å². The van der Waals surface area contributed by atoms with Crippen molar-refractivity contribution in [1.29, 1.82) is 0 Å². The van der Waals surface area contributed by atoms with Gasteiger partial charge in [0.2, 0.25) is 5.91 Å². The molecule has 0 radical (unpaired) electrons. The first-order valence-corrected chi connectivity index (χ1v) is 7.87. The van der Waals surface area contributed by atoms with Gasteiger partial charge in [0, 0.05) is 6.20 Å². The molecule has 7 nitrogen and oxygen atoms in total. The lowest BCUT2D eigenvalue weighted by molar-refractivity contribution is -0.136. The first-order chi connectivity index (χ1) is 11.0. The second kappa shape index (κ2) is 5.98. The van der Waals surface area contributed by atoms with Crippen molar-refractivity contribution in [2.75, 3.05) is 11.9 Å². The summed E-state index contributed by atoms with van der Waals surface area (Å²) in [5.41, 5.74) is -0.297. The smallest absolute Gasteiger partial charge is 0.323 e. The highest BCUT2D eigenvalue weighted by atomic mass is 16.2. The molecule has 2 aliphatic rings. The molecule has 1 aromatic rings. The maximum atomic E-state index is 12.7. The molecule has 4 amide bonds. The van der Waals surface area contributed by atoms with Gasteiger partial charge in [-0.2, -0.15) is 0 Å². The monoisotopic (exact) mass is 316 g/mol. The van der Waals surface area contributed by atoms with E-state index in [0.29, 0.717) is 12.1 Å². The van der Waals surface area contributed by atoms with Crippen LogP contribution in [0.25, 0.3) is 0 Å². The van der Waals surface area contributed by atoms with Gasteiger partial charge in [-0.3, -0.25) is 19.5 Å². The van der Waals surface area contributed by atoms with E-state index in [-0.39, 0.29) is 18.4 Å². The number of amides is 4. The lowest BCUT2D eigenvalue weighted by atomic mass is 9.73. The normalized spacial score (nSPS) is 27.2. The SMILES string of the molecule is CC1CCCCC12NC(=O)N(CC(=O)Nc1cccnc1)C2=O. The van der Waals surface area contributed by atoms with E-state index in [1.54, 1.807) is 18.3 Å². The Morgan fingerprint density at radius 3 is 3.00 bits per heavy atom. The number of rotatable bonds is 3. The maximum absolute atomic E-state index is 12.7. The molecule has 2 N–H and O–H groups in total. The number of nitrogens with zero attached hydrogens (tertiary/aromatic N) is 2. The van der Waals surface area contributed by atoms with Crippen molar-refractivity contribution in [3.63, 3.8) is 0 Å². The summed E-state index contributed by atoms with van der Waals surface area (Å²) in [5.74, 6) is -0.614. The highest BCUT2D eigenvalue weighted by molar-refractivity contribution is 6.10. The van der Waals surface area contributed by atoms with Crippen LogP contribution in [0, 0.1) is 5.92 Å². The van der Waals surface area contributed by atoms with Gasteiger partial charge >= 0.3 is 6.03 Å². The molecule has 2 atom stereocenters. The van der Waals surface area contributed by atoms with E-state index < -0.39 is 17.5 Å². The molecule has 0 bridgehead atoms. The summed E-state index contributed by atoms with van der Waals surface area (Å²) < 4.78 is 0. The number of carbonyl (C=O) groups excluding carboxylic acids is 3. The van der Waals surface area contributed by atoms with Gasteiger partial charge in [0.1, 0.15) is 12.1 Å². The summed E-state index contributed by atoms with van der Waals surface area (Å²) in [6.07, 6.45) is 6.62. The van der Waals surface area contributed by atoms with Gasteiger partial charge in [0.25, 0.3) is 5.91 Å². The van der Waals surface area contributed by atoms with E-state index in [1.165, 1.54) is 6.20 Å². The Morgan fingerprint density at radius 2 is 2.30 bits per heavy atom. The van der Waals surface area contributed by atoms with Crippen LogP contribution in [0.15, 0.2) is 24.5 Å². The lowest BCUT2D eigenvalue weighted by Gasteiger charge is -2.36. The summed E-state index contributed by atoms with van der Waals surface area (Å²) in [4.78, 5) is 42.0. The van der Waals surface area contributed by atoms with E-state index in [0.717, 1.165) is 24.2 Å². The molecule has 23 heavy (non-hydrogen) atoms. The van der Waals surface area contributed by atoms with Gasteiger partial charge in [0.15, 0.2) is 0 Å². The third-order valence-electron chi connectivity index (χ3n) is 4.75. The van der Waals surface area contributed by atoms with Crippen LogP contribution in [0.2, 0.25) is 0 Å². The zero-order chi connectivity index (χ0) is 16.4. The summed E-state index contributed by atoms with van der Waals surface area (Å²) in [5, 5.41) is 5.47. The number of anilines is 1. The van der Waals surface area contributed by atoms with Gasteiger partial charge in [-0.05, 0) is 30.9 Å². The largest absolute Gasteiger partial charge is 0.325 e. The Balaban J connectivity index is 1.69. The molecule has 122 valence electrons. The number of imide groups is 1. The number of nitrogens with one attached hydrogen (secondary N) is 2. The second-order valence-corrected chi connectivity index (χ2v) is 6.23. The minimum absolute atomic E-state index is 0.0825. The average Bonchev–Trinajstić information content (AvgIpc) is 2.76. The van der Waals surface area contributed by atoms with Gasteiger partial charge in [0.05, 0.1) is 11.9 Å². The highest BCUT2D eigenvalue weighted by Crippen LogP contribution is 2.38. The number of urea groups is 1. The zero-order valence-electron chi connectivity index (χ0n) is 13.0. The Hall–Kier alpha value is -2.44. The molecule has 0 aromatic carbocycles. The summed E-state index contributed by atoms with van der Waals surface area (Å²) in [6.45, 7) is 1.70. The molecule has 2 heterocycles. The fraction of sp³-hybridized carbons (Fsp3) is 0.500. The number of aromatic nitrogens is 1. The number of pyridine rings is 1. The standard InChI is InChI=1S/C16H20N4O3/c1-11-5-2-3-7-16(11)14(22)20(15(23)19-16)10-13(21)18-12-6-4-8-17-9-12/h4,6,8-9,11H,2-3,5,7,10H2,1H3,(H,18,21)(H,19,23). The van der Waals surface area contributed by atoms with Crippen LogP contribution < -0.4 is 10.6 Å². The van der Waals surface area contributed by atoms with Crippen molar-refractivity contribution in [3.05, 3.63) is 24.5 Å². The Morgan fingerprint density at radius 1 is 1.48 bits per heavy atom. The molecule has 1 aliphatic heterocycles. The van der Waals surface area contributed by atoms with Crippen LogP contribution in [0.1, 0.15) is 32.6 Å². The molecule has 1 aliphatic carbocycles. The topological polar surface area (TPSA) is 91.4 Å². The molecule has 1 spiro atoms. The molecule has 1 saturated carbocycles. The molecule has 1 aromatic heterocycles. The Bertz CT molecular complexity index is 633. The van der Waals surface area contributed by atoms with Gasteiger partial charge in [-0.1, -0.05) is 19.8 Å². The molecular weight excluding hydrogens is 296 g/mol. The van der Waals surface area contributed by atoms with E-state index in [1.807, 2.05) is 6.92 Å². The Kier molecular flexibility index (Phi) is 4.02. The van der Waals surface area contributed by atoms with Gasteiger partial charge in [-0.25, -0.2) is 4.79 Å². The summed E-state index contributed by atoms with van der Waals surface area (Å²) in [6, 6.07) is 2.91. The van der Waals surface area contributed by atoms with Crippen LogP contribution in [0.5, 0.6) is 0 Å². The lowest BCUT2D eigenvalue weighted by Crippen LogP contribution is -2.54. The second-order valence-electron chi connectivity index (χ2n) is 6.23. The van der Waals surface area contributed by atoms with Crippen LogP contribution in [-0.4, -0.2) is 39.8 Å². The molecule has 1 saturated heterocycles. The average molecular weight is 316 g/mol. The van der Waals surface area contributed by atoms with E-state index in [4.69, 9.17) is 0 Å². The molecule has 7 heteroatoms. The summed E-state index contributed by atoms with van der Waals surface area (Å²) in [7, 11) is 0. The van der Waals surface area contributed by atoms with Crippen LogP contribution in [0.3, 0.4) is 0 Å². The van der Waals surface area contributed by atoms with Crippen molar-refractivity contribution >= 4 is 23.5 Å². The van der Waals surface area contributed by atoms with Crippen molar-refractivity contribution in [2.24, 2.45) is 5.92 Å². The van der Waals surface area contributed by atoms with Crippen LogP contribution >= 0.6 is 0 Å². The first-order valence-electron chi connectivity index (χ1n) is 7.87. The minimum atomic E-state index is -0.829. The molecule has 3 rings (SSSR count). The van der Waals surface area contributed by atoms with E-state index in [9.17, 15) is 14.4 Å². The third kappa shape index (κ3) is 2.78.